The van der Waals surface area contributed by atoms with Gasteiger partial charge in [0, 0.05) is 38.8 Å². The van der Waals surface area contributed by atoms with Crippen LogP contribution >= 0.6 is 0 Å². The van der Waals surface area contributed by atoms with Crippen LogP contribution in [0.25, 0.3) is 0 Å². The van der Waals surface area contributed by atoms with Crippen LogP contribution in [0, 0.1) is 5.92 Å². The zero-order valence-corrected chi connectivity index (χ0v) is 16.3. The van der Waals surface area contributed by atoms with E-state index in [0.29, 0.717) is 0 Å². The Morgan fingerprint density at radius 2 is 1.38 bits per heavy atom. The molecule has 3 heterocycles. The Morgan fingerprint density at radius 1 is 0.708 bits per heavy atom. The van der Waals surface area contributed by atoms with Crippen LogP contribution in [-0.4, -0.2) is 91.2 Å². The molecule has 3 aliphatic rings. The highest BCUT2D eigenvalue weighted by atomic mass is 15.4. The van der Waals surface area contributed by atoms with Crippen LogP contribution in [0.2, 0.25) is 0 Å². The molecule has 3 rings (SSSR count). The highest BCUT2D eigenvalue weighted by Gasteiger charge is 2.22. The summed E-state index contributed by atoms with van der Waals surface area (Å²) in [6.45, 7) is 17.8. The summed E-state index contributed by atoms with van der Waals surface area (Å²) in [5.41, 5.74) is 0. The summed E-state index contributed by atoms with van der Waals surface area (Å²) in [5.74, 6) is 0.916. The Labute approximate surface area is 150 Å². The number of hydrogen-bond acceptors (Lipinski definition) is 4. The van der Waals surface area contributed by atoms with Crippen LogP contribution in [0.15, 0.2) is 0 Å². The van der Waals surface area contributed by atoms with E-state index in [0.717, 1.165) is 12.0 Å². The van der Waals surface area contributed by atoms with Crippen LogP contribution in [0.1, 0.15) is 52.4 Å². The topological polar surface area (TPSA) is 13.0 Å². The van der Waals surface area contributed by atoms with Crippen LogP contribution in [0.4, 0.5) is 0 Å². The standard InChI is InChI=1S/C20H40N4/c1-19-7-3-9-21(17-19)10-5-11-22-15-16-23(18-22)12-6-14-24-13-4-8-20(24)2/h19-20H,3-18H2,1-2H3. The maximum atomic E-state index is 2.69. The molecule has 3 fully saturated rings. The summed E-state index contributed by atoms with van der Waals surface area (Å²) in [4.78, 5) is 10.7. The van der Waals surface area contributed by atoms with Gasteiger partial charge in [0.15, 0.2) is 0 Å². The van der Waals surface area contributed by atoms with Gasteiger partial charge in [0.05, 0.1) is 6.67 Å². The first-order valence-corrected chi connectivity index (χ1v) is 10.6. The molecule has 0 amide bonds. The Morgan fingerprint density at radius 3 is 2.04 bits per heavy atom. The molecule has 0 N–H and O–H groups in total. The van der Waals surface area contributed by atoms with Gasteiger partial charge in [0.25, 0.3) is 0 Å². The van der Waals surface area contributed by atoms with Gasteiger partial charge in [-0.3, -0.25) is 9.80 Å². The Hall–Kier alpha value is -0.160. The average Bonchev–Trinajstić information content (AvgIpc) is 3.17. The van der Waals surface area contributed by atoms with Gasteiger partial charge in [-0.05, 0) is 77.5 Å². The molecule has 4 nitrogen and oxygen atoms in total. The fraction of sp³-hybridized carbons (Fsp3) is 1.00. The minimum Gasteiger partial charge on any atom is -0.303 e. The summed E-state index contributed by atoms with van der Waals surface area (Å²) in [5, 5.41) is 0. The molecule has 0 aliphatic carbocycles. The fourth-order valence-electron chi connectivity index (χ4n) is 4.90. The SMILES string of the molecule is CC1CCCN(CCCN2CCN(CCCN3CCCC3C)C2)C1. The number of likely N-dealkylation sites (tertiary alicyclic amines) is 2. The zero-order valence-electron chi connectivity index (χ0n) is 16.3. The molecule has 0 saturated carbocycles. The van der Waals surface area contributed by atoms with Gasteiger partial charge in [-0.2, -0.15) is 0 Å². The first-order chi connectivity index (χ1) is 11.7. The first-order valence-electron chi connectivity index (χ1n) is 10.6. The van der Waals surface area contributed by atoms with Crippen molar-refractivity contribution in [2.24, 2.45) is 5.92 Å². The van der Waals surface area contributed by atoms with Crippen LogP contribution in [-0.2, 0) is 0 Å². The molecular formula is C20H40N4. The third kappa shape index (κ3) is 5.69. The summed E-state index contributed by atoms with van der Waals surface area (Å²) in [6.07, 6.45) is 8.37. The summed E-state index contributed by atoms with van der Waals surface area (Å²) >= 11 is 0. The van der Waals surface area contributed by atoms with Crippen LogP contribution in [0.5, 0.6) is 0 Å². The van der Waals surface area contributed by atoms with Gasteiger partial charge in [-0.15, -0.1) is 0 Å². The van der Waals surface area contributed by atoms with Crippen molar-refractivity contribution in [3.8, 4) is 0 Å². The second-order valence-corrected chi connectivity index (χ2v) is 8.66. The lowest BCUT2D eigenvalue weighted by Crippen LogP contribution is -2.36. The van der Waals surface area contributed by atoms with Gasteiger partial charge >= 0.3 is 0 Å². The number of nitrogens with zero attached hydrogens (tertiary/aromatic N) is 4. The van der Waals surface area contributed by atoms with E-state index >= 15 is 0 Å². The molecule has 0 aromatic rings. The van der Waals surface area contributed by atoms with Gasteiger partial charge in [0.2, 0.25) is 0 Å². The monoisotopic (exact) mass is 336 g/mol. The molecule has 0 aromatic carbocycles. The quantitative estimate of drug-likeness (QED) is 0.675. The van der Waals surface area contributed by atoms with E-state index in [4.69, 9.17) is 0 Å². The predicted molar refractivity (Wildman–Crippen MR) is 102 cm³/mol. The zero-order chi connectivity index (χ0) is 16.8. The number of hydrogen-bond donors (Lipinski definition) is 0. The lowest BCUT2D eigenvalue weighted by atomic mass is 10.0. The summed E-state index contributed by atoms with van der Waals surface area (Å²) < 4.78 is 0. The second kappa shape index (κ2) is 9.51. The van der Waals surface area contributed by atoms with E-state index in [1.807, 2.05) is 0 Å². The molecule has 2 atom stereocenters. The molecule has 3 saturated heterocycles. The van der Waals surface area contributed by atoms with Gasteiger partial charge in [-0.25, -0.2) is 0 Å². The minimum atomic E-state index is 0.831. The molecule has 0 aromatic heterocycles. The highest BCUT2D eigenvalue weighted by Crippen LogP contribution is 2.17. The molecule has 4 heteroatoms. The Kier molecular flexibility index (Phi) is 7.38. The van der Waals surface area contributed by atoms with E-state index in [1.54, 1.807) is 0 Å². The fourth-order valence-corrected chi connectivity index (χ4v) is 4.90. The van der Waals surface area contributed by atoms with E-state index in [9.17, 15) is 0 Å². The maximum absolute atomic E-state index is 2.69. The second-order valence-electron chi connectivity index (χ2n) is 8.66. The molecule has 140 valence electrons. The van der Waals surface area contributed by atoms with Crippen molar-refractivity contribution < 1.29 is 0 Å². The Balaban J connectivity index is 1.23. The van der Waals surface area contributed by atoms with Crippen molar-refractivity contribution in [1.29, 1.82) is 0 Å². The summed E-state index contributed by atoms with van der Waals surface area (Å²) in [6, 6.07) is 0.831. The van der Waals surface area contributed by atoms with Crippen LogP contribution in [0.3, 0.4) is 0 Å². The molecule has 0 radical (unpaired) electrons. The van der Waals surface area contributed by atoms with E-state index in [2.05, 4.69) is 33.4 Å². The van der Waals surface area contributed by atoms with Gasteiger partial charge < -0.3 is 9.80 Å². The highest BCUT2D eigenvalue weighted by molar-refractivity contribution is 4.77. The normalized spacial score (nSPS) is 31.2. The lowest BCUT2D eigenvalue weighted by Gasteiger charge is -2.31. The third-order valence-electron chi connectivity index (χ3n) is 6.43. The first kappa shape index (κ1) is 18.6. The van der Waals surface area contributed by atoms with Crippen molar-refractivity contribution in [2.75, 3.05) is 65.6 Å². The largest absolute Gasteiger partial charge is 0.303 e. The van der Waals surface area contributed by atoms with Crippen LogP contribution < -0.4 is 0 Å². The van der Waals surface area contributed by atoms with Crippen molar-refractivity contribution in [3.63, 3.8) is 0 Å². The van der Waals surface area contributed by atoms with E-state index in [-0.39, 0.29) is 0 Å². The Bertz CT molecular complexity index is 362. The lowest BCUT2D eigenvalue weighted by molar-refractivity contribution is 0.168. The van der Waals surface area contributed by atoms with E-state index in [1.165, 1.54) is 104 Å². The van der Waals surface area contributed by atoms with Gasteiger partial charge in [0.1, 0.15) is 0 Å². The van der Waals surface area contributed by atoms with Crippen molar-refractivity contribution in [2.45, 2.75) is 58.4 Å². The molecule has 3 aliphatic heterocycles. The molecule has 0 bridgehead atoms. The molecular weight excluding hydrogens is 296 g/mol. The predicted octanol–water partition coefficient (Wildman–Crippen LogP) is 2.56. The molecule has 24 heavy (non-hydrogen) atoms. The maximum Gasteiger partial charge on any atom is 0.0507 e. The number of rotatable bonds is 8. The van der Waals surface area contributed by atoms with E-state index < -0.39 is 0 Å². The van der Waals surface area contributed by atoms with Gasteiger partial charge in [-0.1, -0.05) is 6.92 Å². The smallest absolute Gasteiger partial charge is 0.0507 e. The van der Waals surface area contributed by atoms with Crippen molar-refractivity contribution in [1.82, 2.24) is 19.6 Å². The average molecular weight is 337 g/mol. The van der Waals surface area contributed by atoms with Crippen molar-refractivity contribution >= 4 is 0 Å². The minimum absolute atomic E-state index is 0.831. The third-order valence-corrected chi connectivity index (χ3v) is 6.43. The summed E-state index contributed by atoms with van der Waals surface area (Å²) in [7, 11) is 0. The molecule has 0 spiro atoms. The number of piperidine rings is 1. The molecule has 2 unspecified atom stereocenters. The van der Waals surface area contributed by atoms with Crippen molar-refractivity contribution in [3.05, 3.63) is 0 Å².